The lowest BCUT2D eigenvalue weighted by Crippen LogP contribution is -2.44. The fourth-order valence-corrected chi connectivity index (χ4v) is 1.44. The zero-order valence-electron chi connectivity index (χ0n) is 10.9. The number of ether oxygens (including phenoxy) is 1. The van der Waals surface area contributed by atoms with Crippen LogP contribution in [-0.2, 0) is 9.59 Å². The highest BCUT2D eigenvalue weighted by molar-refractivity contribution is 5.93. The number of benzene rings is 1. The van der Waals surface area contributed by atoms with E-state index in [9.17, 15) is 18.8 Å². The Labute approximate surface area is 118 Å². The van der Waals surface area contributed by atoms with Crippen LogP contribution in [0.25, 0.3) is 0 Å². The number of carboxylic acids is 2. The molecule has 0 unspecified atom stereocenters. The molecule has 0 aromatic heterocycles. The number of anilines is 1. The number of carbonyl (C=O) groups is 3. The van der Waals surface area contributed by atoms with Gasteiger partial charge in [0.25, 0.3) is 0 Å². The van der Waals surface area contributed by atoms with E-state index in [1.54, 1.807) is 0 Å². The van der Waals surface area contributed by atoms with Gasteiger partial charge in [0, 0.05) is 11.8 Å². The highest BCUT2D eigenvalue weighted by atomic mass is 19.1. The van der Waals surface area contributed by atoms with Crippen LogP contribution in [0.1, 0.15) is 6.42 Å². The Kier molecular flexibility index (Phi) is 5.47. The SMILES string of the molecule is COc1ccc(NC(=O)N[C@H](CC(=O)O)C(=O)O)cc1F. The van der Waals surface area contributed by atoms with Crippen LogP contribution in [0.5, 0.6) is 5.75 Å². The molecule has 1 rings (SSSR count). The fourth-order valence-electron chi connectivity index (χ4n) is 1.44. The van der Waals surface area contributed by atoms with E-state index in [2.05, 4.69) is 5.32 Å². The molecule has 2 amide bonds. The monoisotopic (exact) mass is 300 g/mol. The number of carbonyl (C=O) groups excluding carboxylic acids is 1. The van der Waals surface area contributed by atoms with Gasteiger partial charge in [-0.15, -0.1) is 0 Å². The van der Waals surface area contributed by atoms with Crippen molar-refractivity contribution in [2.45, 2.75) is 12.5 Å². The van der Waals surface area contributed by atoms with E-state index < -0.39 is 36.2 Å². The summed E-state index contributed by atoms with van der Waals surface area (Å²) in [6, 6.07) is 1.04. The normalized spacial score (nSPS) is 11.3. The lowest BCUT2D eigenvalue weighted by Gasteiger charge is -2.13. The number of nitrogens with one attached hydrogen (secondary N) is 2. The summed E-state index contributed by atoms with van der Waals surface area (Å²) in [5.74, 6) is -3.60. The van der Waals surface area contributed by atoms with Crippen LogP contribution in [0.3, 0.4) is 0 Å². The Balaban J connectivity index is 2.69. The van der Waals surface area contributed by atoms with Crippen LogP contribution < -0.4 is 15.4 Å². The molecule has 1 aromatic carbocycles. The third kappa shape index (κ3) is 4.97. The van der Waals surface area contributed by atoms with Crippen molar-refractivity contribution in [1.82, 2.24) is 5.32 Å². The summed E-state index contributed by atoms with van der Waals surface area (Å²) in [5.41, 5.74) is 0.0604. The molecule has 8 nitrogen and oxygen atoms in total. The summed E-state index contributed by atoms with van der Waals surface area (Å²) in [7, 11) is 1.28. The van der Waals surface area contributed by atoms with Crippen LogP contribution >= 0.6 is 0 Å². The van der Waals surface area contributed by atoms with Crippen molar-refractivity contribution in [3.8, 4) is 5.75 Å². The van der Waals surface area contributed by atoms with E-state index in [-0.39, 0.29) is 11.4 Å². The lowest BCUT2D eigenvalue weighted by molar-refractivity contribution is -0.145. The number of rotatable bonds is 6. The number of halogens is 1. The van der Waals surface area contributed by atoms with Gasteiger partial charge in [-0.05, 0) is 12.1 Å². The topological polar surface area (TPSA) is 125 Å². The first kappa shape index (κ1) is 16.2. The third-order valence-electron chi connectivity index (χ3n) is 2.39. The van der Waals surface area contributed by atoms with Gasteiger partial charge in [0.05, 0.1) is 13.5 Å². The molecule has 0 bridgehead atoms. The average molecular weight is 300 g/mol. The predicted molar refractivity (Wildman–Crippen MR) is 68.8 cm³/mol. The van der Waals surface area contributed by atoms with Gasteiger partial charge in [-0.3, -0.25) is 4.79 Å². The molecule has 0 heterocycles. The van der Waals surface area contributed by atoms with Crippen molar-refractivity contribution in [3.05, 3.63) is 24.0 Å². The Morgan fingerprint density at radius 2 is 2.00 bits per heavy atom. The largest absolute Gasteiger partial charge is 0.494 e. The molecule has 1 atom stereocenters. The second-order valence-electron chi connectivity index (χ2n) is 3.94. The molecule has 0 aliphatic carbocycles. The Morgan fingerprint density at radius 3 is 2.48 bits per heavy atom. The number of hydrogen-bond donors (Lipinski definition) is 4. The summed E-state index contributed by atoms with van der Waals surface area (Å²) < 4.78 is 18.1. The molecule has 0 radical (unpaired) electrons. The van der Waals surface area contributed by atoms with E-state index in [0.29, 0.717) is 0 Å². The first-order valence-electron chi connectivity index (χ1n) is 5.69. The Bertz CT molecular complexity index is 563. The molecule has 0 saturated heterocycles. The smallest absolute Gasteiger partial charge is 0.326 e. The maximum Gasteiger partial charge on any atom is 0.326 e. The maximum absolute atomic E-state index is 13.4. The van der Waals surface area contributed by atoms with Crippen LogP contribution in [0.4, 0.5) is 14.9 Å². The third-order valence-corrected chi connectivity index (χ3v) is 2.39. The molecule has 9 heteroatoms. The zero-order chi connectivity index (χ0) is 16.0. The van der Waals surface area contributed by atoms with E-state index in [1.807, 2.05) is 5.32 Å². The average Bonchev–Trinajstić information content (AvgIpc) is 2.37. The van der Waals surface area contributed by atoms with Gasteiger partial charge in [-0.2, -0.15) is 0 Å². The minimum atomic E-state index is -1.59. The molecule has 1 aromatic rings. The predicted octanol–water partition coefficient (Wildman–Crippen LogP) is 0.884. The van der Waals surface area contributed by atoms with E-state index in [0.717, 1.165) is 6.07 Å². The Morgan fingerprint density at radius 1 is 1.33 bits per heavy atom. The second-order valence-corrected chi connectivity index (χ2v) is 3.94. The van der Waals surface area contributed by atoms with Gasteiger partial charge >= 0.3 is 18.0 Å². The van der Waals surface area contributed by atoms with Crippen molar-refractivity contribution >= 4 is 23.7 Å². The first-order valence-corrected chi connectivity index (χ1v) is 5.69. The number of urea groups is 1. The highest BCUT2D eigenvalue weighted by Gasteiger charge is 2.23. The van der Waals surface area contributed by atoms with Gasteiger partial charge < -0.3 is 25.6 Å². The molecular weight excluding hydrogens is 287 g/mol. The lowest BCUT2D eigenvalue weighted by atomic mass is 10.2. The number of hydrogen-bond acceptors (Lipinski definition) is 4. The summed E-state index contributed by atoms with van der Waals surface area (Å²) in [6.07, 6.45) is -0.778. The fraction of sp³-hybridized carbons (Fsp3) is 0.250. The highest BCUT2D eigenvalue weighted by Crippen LogP contribution is 2.20. The molecular formula is C12H13FN2O6. The van der Waals surface area contributed by atoms with E-state index >= 15 is 0 Å². The maximum atomic E-state index is 13.4. The summed E-state index contributed by atoms with van der Waals surface area (Å²) in [6.45, 7) is 0. The quantitative estimate of drug-likeness (QED) is 0.618. The van der Waals surface area contributed by atoms with Gasteiger partial charge in [0.15, 0.2) is 11.6 Å². The van der Waals surface area contributed by atoms with Crippen LogP contribution in [0.15, 0.2) is 18.2 Å². The summed E-state index contributed by atoms with van der Waals surface area (Å²) in [5, 5.41) is 21.4. The molecule has 0 saturated carbocycles. The molecule has 0 spiro atoms. The minimum Gasteiger partial charge on any atom is -0.494 e. The van der Waals surface area contributed by atoms with E-state index in [4.69, 9.17) is 14.9 Å². The molecule has 0 aliphatic heterocycles. The molecule has 4 N–H and O–H groups in total. The second kappa shape index (κ2) is 7.08. The molecule has 0 aliphatic rings. The van der Waals surface area contributed by atoms with Gasteiger partial charge in [0.1, 0.15) is 6.04 Å². The summed E-state index contributed by atoms with van der Waals surface area (Å²) >= 11 is 0. The van der Waals surface area contributed by atoms with Crippen molar-refractivity contribution in [2.24, 2.45) is 0 Å². The standard InChI is InChI=1S/C12H13FN2O6/c1-21-9-3-2-6(4-7(9)13)14-12(20)15-8(11(18)19)5-10(16)17/h2-4,8H,5H2,1H3,(H,16,17)(H,18,19)(H2,14,15,20)/t8-/m1/s1. The van der Waals surface area contributed by atoms with Crippen LogP contribution in [-0.4, -0.2) is 41.3 Å². The number of amides is 2. The molecule has 114 valence electrons. The van der Waals surface area contributed by atoms with Crippen molar-refractivity contribution in [2.75, 3.05) is 12.4 Å². The molecule has 0 fully saturated rings. The van der Waals surface area contributed by atoms with Crippen molar-refractivity contribution in [3.63, 3.8) is 0 Å². The van der Waals surface area contributed by atoms with Crippen LogP contribution in [0.2, 0.25) is 0 Å². The van der Waals surface area contributed by atoms with Crippen LogP contribution in [0, 0.1) is 5.82 Å². The summed E-state index contributed by atoms with van der Waals surface area (Å²) in [4.78, 5) is 32.8. The van der Waals surface area contributed by atoms with Gasteiger partial charge in [0.2, 0.25) is 0 Å². The first-order chi connectivity index (χ1) is 9.83. The number of carboxylic acid groups (broad SMARTS) is 2. The van der Waals surface area contributed by atoms with Gasteiger partial charge in [-0.1, -0.05) is 0 Å². The van der Waals surface area contributed by atoms with Gasteiger partial charge in [-0.25, -0.2) is 14.0 Å². The number of methoxy groups -OCH3 is 1. The van der Waals surface area contributed by atoms with Crippen molar-refractivity contribution < 1.29 is 33.7 Å². The molecule has 21 heavy (non-hydrogen) atoms. The number of aliphatic carboxylic acids is 2. The Hall–Kier alpha value is -2.84. The zero-order valence-corrected chi connectivity index (χ0v) is 10.9. The minimum absolute atomic E-state index is 0.0183. The van der Waals surface area contributed by atoms with E-state index in [1.165, 1.54) is 19.2 Å². The van der Waals surface area contributed by atoms with Crippen molar-refractivity contribution in [1.29, 1.82) is 0 Å².